The number of aryl methyl sites for hydroxylation is 1. The maximum Gasteiger partial charge on any atom is 0.416 e. The largest absolute Gasteiger partial charge is 0.416 e. The number of amides is 1. The Bertz CT molecular complexity index is 772. The fraction of sp³-hybridized carbons (Fsp3) is 0.529. The van der Waals surface area contributed by atoms with Gasteiger partial charge in [-0.1, -0.05) is 25.1 Å². The highest BCUT2D eigenvalue weighted by molar-refractivity contribution is 8.00. The van der Waals surface area contributed by atoms with Crippen LogP contribution in [-0.2, 0) is 17.5 Å². The molecule has 1 fully saturated rings. The van der Waals surface area contributed by atoms with Gasteiger partial charge in [0.25, 0.3) is 0 Å². The molecule has 3 rings (SSSR count). The van der Waals surface area contributed by atoms with Gasteiger partial charge in [-0.15, -0.1) is 0 Å². The van der Waals surface area contributed by atoms with Crippen molar-refractivity contribution in [3.8, 4) is 0 Å². The Morgan fingerprint density at radius 3 is 2.88 bits per heavy atom. The van der Waals surface area contributed by atoms with Gasteiger partial charge in [-0.2, -0.15) is 13.2 Å². The fourth-order valence-corrected chi connectivity index (χ4v) is 4.15. The van der Waals surface area contributed by atoms with Crippen LogP contribution in [0.25, 0.3) is 11.0 Å². The van der Waals surface area contributed by atoms with E-state index in [1.165, 1.54) is 17.8 Å². The predicted molar refractivity (Wildman–Crippen MR) is 91.5 cm³/mol. The van der Waals surface area contributed by atoms with Crippen molar-refractivity contribution in [3.05, 3.63) is 23.8 Å². The van der Waals surface area contributed by atoms with Crippen LogP contribution in [0.5, 0.6) is 0 Å². The first-order valence-electron chi connectivity index (χ1n) is 8.42. The maximum absolute atomic E-state index is 13.0. The number of nitrogens with one attached hydrogen (secondary N) is 1. The van der Waals surface area contributed by atoms with Gasteiger partial charge in [-0.3, -0.25) is 4.79 Å². The molecule has 0 bridgehead atoms. The summed E-state index contributed by atoms with van der Waals surface area (Å²) in [5.74, 6) is -0.0198. The lowest BCUT2D eigenvalue weighted by Crippen LogP contribution is -2.30. The molecule has 1 unspecified atom stereocenters. The summed E-state index contributed by atoms with van der Waals surface area (Å²) in [5.41, 5.74) is 0.312. The summed E-state index contributed by atoms with van der Waals surface area (Å²) in [6, 6.07) is 3.61. The van der Waals surface area contributed by atoms with Gasteiger partial charge in [0.1, 0.15) is 0 Å². The van der Waals surface area contributed by atoms with Crippen molar-refractivity contribution < 1.29 is 18.0 Å². The quantitative estimate of drug-likeness (QED) is 0.875. The Hall–Kier alpha value is -1.70. The third kappa shape index (κ3) is 3.94. The van der Waals surface area contributed by atoms with Crippen LogP contribution in [0, 0.1) is 0 Å². The summed E-state index contributed by atoms with van der Waals surface area (Å²) in [5, 5.41) is 3.24. The minimum atomic E-state index is -4.38. The molecule has 1 atom stereocenters. The molecule has 0 aliphatic carbocycles. The molecule has 1 N–H and O–H groups in total. The van der Waals surface area contributed by atoms with Crippen molar-refractivity contribution in [2.75, 3.05) is 6.54 Å². The number of rotatable bonds is 4. The van der Waals surface area contributed by atoms with E-state index in [-0.39, 0.29) is 11.2 Å². The molecular weight excluding hydrogens is 351 g/mol. The van der Waals surface area contributed by atoms with E-state index in [1.807, 2.05) is 6.92 Å². The number of fused-ring (bicyclic) bond motifs is 1. The monoisotopic (exact) mass is 371 g/mol. The van der Waals surface area contributed by atoms with E-state index in [4.69, 9.17) is 0 Å². The van der Waals surface area contributed by atoms with Gasteiger partial charge < -0.3 is 9.88 Å². The number of alkyl halides is 3. The topological polar surface area (TPSA) is 46.9 Å². The molecule has 1 aliphatic heterocycles. The Balaban J connectivity index is 1.99. The predicted octanol–water partition coefficient (Wildman–Crippen LogP) is 4.23. The van der Waals surface area contributed by atoms with Gasteiger partial charge in [0.2, 0.25) is 5.91 Å². The van der Waals surface area contributed by atoms with Crippen molar-refractivity contribution in [1.82, 2.24) is 14.9 Å². The van der Waals surface area contributed by atoms with Crippen LogP contribution in [0.2, 0.25) is 0 Å². The number of hydrogen-bond donors (Lipinski definition) is 1. The summed E-state index contributed by atoms with van der Waals surface area (Å²) >= 11 is 1.35. The van der Waals surface area contributed by atoms with Gasteiger partial charge in [0.05, 0.1) is 21.8 Å². The van der Waals surface area contributed by atoms with Crippen molar-refractivity contribution in [2.24, 2.45) is 0 Å². The fourth-order valence-electron chi connectivity index (χ4n) is 2.96. The molecule has 1 aromatic carbocycles. The molecule has 1 aromatic heterocycles. The second-order valence-corrected chi connectivity index (χ2v) is 7.31. The number of nitrogens with zero attached hydrogens (tertiary/aromatic N) is 2. The molecular formula is C17H20F3N3OS. The molecule has 2 aromatic rings. The molecule has 25 heavy (non-hydrogen) atoms. The SMILES string of the molecule is CCCn1c(SC2CCCCNC2=O)nc2ccc(C(F)(F)F)cc21. The lowest BCUT2D eigenvalue weighted by Gasteiger charge is -2.14. The minimum Gasteiger partial charge on any atom is -0.355 e. The molecule has 1 aliphatic rings. The Morgan fingerprint density at radius 1 is 1.36 bits per heavy atom. The number of carbonyl (C=O) groups is 1. The zero-order valence-electron chi connectivity index (χ0n) is 13.9. The zero-order chi connectivity index (χ0) is 18.0. The van der Waals surface area contributed by atoms with Crippen LogP contribution < -0.4 is 5.32 Å². The Morgan fingerprint density at radius 2 is 2.16 bits per heavy atom. The highest BCUT2D eigenvalue weighted by Crippen LogP contribution is 2.34. The average molecular weight is 371 g/mol. The molecule has 0 spiro atoms. The lowest BCUT2D eigenvalue weighted by molar-refractivity contribution is -0.137. The average Bonchev–Trinajstić information content (AvgIpc) is 2.76. The first-order chi connectivity index (χ1) is 11.9. The number of imidazole rings is 1. The van der Waals surface area contributed by atoms with Crippen molar-refractivity contribution in [2.45, 2.75) is 55.7 Å². The van der Waals surface area contributed by atoms with Crippen LogP contribution in [0.1, 0.15) is 38.2 Å². The highest BCUT2D eigenvalue weighted by atomic mass is 32.2. The van der Waals surface area contributed by atoms with Gasteiger partial charge in [-0.05, 0) is 37.5 Å². The number of hydrogen-bond acceptors (Lipinski definition) is 3. The third-order valence-corrected chi connectivity index (χ3v) is 5.48. The molecule has 8 heteroatoms. The van der Waals surface area contributed by atoms with Crippen LogP contribution in [0.15, 0.2) is 23.4 Å². The van der Waals surface area contributed by atoms with E-state index in [0.29, 0.717) is 29.3 Å². The molecule has 0 radical (unpaired) electrons. The van der Waals surface area contributed by atoms with Gasteiger partial charge in [0.15, 0.2) is 5.16 Å². The second kappa shape index (κ2) is 7.27. The smallest absolute Gasteiger partial charge is 0.355 e. The standard InChI is InChI=1S/C17H20F3N3OS/c1-2-9-23-13-10-11(17(18,19)20)6-7-12(13)22-16(23)25-14-5-3-4-8-21-15(14)24/h6-7,10,14H,2-5,8-9H2,1H3,(H,21,24). The summed E-state index contributed by atoms with van der Waals surface area (Å²) in [6.07, 6.45) is -0.971. The summed E-state index contributed by atoms with van der Waals surface area (Å²) in [4.78, 5) is 16.7. The van der Waals surface area contributed by atoms with E-state index < -0.39 is 11.7 Å². The number of benzene rings is 1. The molecule has 1 amide bonds. The normalized spacial score (nSPS) is 19.0. The highest BCUT2D eigenvalue weighted by Gasteiger charge is 2.31. The van der Waals surface area contributed by atoms with E-state index in [9.17, 15) is 18.0 Å². The number of aromatic nitrogens is 2. The first kappa shape index (κ1) is 18.1. The zero-order valence-corrected chi connectivity index (χ0v) is 14.7. The maximum atomic E-state index is 13.0. The van der Waals surface area contributed by atoms with E-state index in [0.717, 1.165) is 37.8 Å². The van der Waals surface area contributed by atoms with E-state index in [2.05, 4.69) is 10.3 Å². The van der Waals surface area contributed by atoms with Crippen LogP contribution >= 0.6 is 11.8 Å². The van der Waals surface area contributed by atoms with Crippen LogP contribution in [0.3, 0.4) is 0 Å². The third-order valence-electron chi connectivity index (χ3n) is 4.22. The van der Waals surface area contributed by atoms with Crippen molar-refractivity contribution in [3.63, 3.8) is 0 Å². The number of thioether (sulfide) groups is 1. The number of halogens is 3. The minimum absolute atomic E-state index is 0.0198. The van der Waals surface area contributed by atoms with Crippen molar-refractivity contribution >= 4 is 28.7 Å². The summed E-state index contributed by atoms with van der Waals surface area (Å²) < 4.78 is 40.9. The molecule has 136 valence electrons. The van der Waals surface area contributed by atoms with E-state index >= 15 is 0 Å². The lowest BCUT2D eigenvalue weighted by atomic mass is 10.2. The summed E-state index contributed by atoms with van der Waals surface area (Å²) in [7, 11) is 0. The molecule has 1 saturated heterocycles. The second-order valence-electron chi connectivity index (χ2n) is 6.14. The Kier molecular flexibility index (Phi) is 5.27. The molecule has 4 nitrogen and oxygen atoms in total. The van der Waals surface area contributed by atoms with Gasteiger partial charge in [-0.25, -0.2) is 4.98 Å². The van der Waals surface area contributed by atoms with Crippen LogP contribution in [0.4, 0.5) is 13.2 Å². The number of carbonyl (C=O) groups excluding carboxylic acids is 1. The van der Waals surface area contributed by atoms with Gasteiger partial charge in [0, 0.05) is 13.1 Å². The van der Waals surface area contributed by atoms with Crippen molar-refractivity contribution in [1.29, 1.82) is 0 Å². The first-order valence-corrected chi connectivity index (χ1v) is 9.30. The molecule has 0 saturated carbocycles. The Labute approximate surface area is 148 Å². The van der Waals surface area contributed by atoms with Gasteiger partial charge >= 0.3 is 6.18 Å². The summed E-state index contributed by atoms with van der Waals surface area (Å²) in [6.45, 7) is 3.21. The van der Waals surface area contributed by atoms with Crippen LogP contribution in [-0.4, -0.2) is 27.3 Å². The van der Waals surface area contributed by atoms with E-state index in [1.54, 1.807) is 4.57 Å². The molecule has 2 heterocycles.